The normalized spacial score (nSPS) is 21.2. The van der Waals surface area contributed by atoms with Crippen LogP contribution in [0.1, 0.15) is 6.42 Å². The van der Waals surface area contributed by atoms with Crippen LogP contribution in [0.3, 0.4) is 0 Å². The summed E-state index contributed by atoms with van der Waals surface area (Å²) in [6.45, 7) is 0. The monoisotopic (exact) mass is 246 g/mol. The largest absolute Gasteiger partial charge is 0.466 e. The number of methoxy groups -OCH3 is 2. The van der Waals surface area contributed by atoms with Crippen LogP contribution < -0.4 is 0 Å². The van der Waals surface area contributed by atoms with Crippen LogP contribution in [-0.2, 0) is 19.1 Å². The molecule has 0 saturated carbocycles. The molecule has 0 N–H and O–H groups in total. The fraction of sp³-hybridized carbons (Fsp3) is 0.286. The van der Waals surface area contributed by atoms with Gasteiger partial charge in [0.25, 0.3) is 0 Å². The molecule has 0 aliphatic heterocycles. The molecule has 0 aromatic carbocycles. The number of esters is 2. The standard InChI is InChI=1S/C14H14O4/c1-17-13(15)11-8-9-6-4-3-5-7-10(9)12(11)14(16)18-2/h3-7,10H,8H2,1-2H3. The van der Waals surface area contributed by atoms with Gasteiger partial charge in [-0.2, -0.15) is 0 Å². The van der Waals surface area contributed by atoms with Gasteiger partial charge in [0.1, 0.15) is 0 Å². The molecule has 2 aliphatic rings. The second-order valence-corrected chi connectivity index (χ2v) is 4.04. The summed E-state index contributed by atoms with van der Waals surface area (Å²) in [6, 6.07) is 0. The highest BCUT2D eigenvalue weighted by Crippen LogP contribution is 2.39. The molecule has 2 aliphatic carbocycles. The molecule has 0 amide bonds. The van der Waals surface area contributed by atoms with Crippen LogP contribution >= 0.6 is 0 Å². The Bertz CT molecular complexity index is 506. The van der Waals surface area contributed by atoms with E-state index in [0.717, 1.165) is 5.57 Å². The maximum absolute atomic E-state index is 11.8. The highest BCUT2D eigenvalue weighted by molar-refractivity contribution is 6.03. The van der Waals surface area contributed by atoms with Crippen molar-refractivity contribution in [2.24, 2.45) is 5.92 Å². The summed E-state index contributed by atoms with van der Waals surface area (Å²) in [4.78, 5) is 23.6. The third kappa shape index (κ3) is 2.01. The minimum Gasteiger partial charge on any atom is -0.466 e. The molecule has 0 saturated heterocycles. The molecular weight excluding hydrogens is 232 g/mol. The maximum Gasteiger partial charge on any atom is 0.335 e. The highest BCUT2D eigenvalue weighted by Gasteiger charge is 2.36. The van der Waals surface area contributed by atoms with Crippen LogP contribution in [0, 0.1) is 5.92 Å². The van der Waals surface area contributed by atoms with Crippen molar-refractivity contribution in [3.63, 3.8) is 0 Å². The SMILES string of the molecule is COC(=O)C1=C(C(=O)OC)C2C=CC=CC=C2C1. The lowest BCUT2D eigenvalue weighted by Crippen LogP contribution is -2.14. The van der Waals surface area contributed by atoms with Gasteiger partial charge in [-0.3, -0.25) is 0 Å². The summed E-state index contributed by atoms with van der Waals surface area (Å²) in [5.41, 5.74) is 1.77. The molecule has 0 spiro atoms. The summed E-state index contributed by atoms with van der Waals surface area (Å²) in [6.07, 6.45) is 9.87. The molecule has 4 nitrogen and oxygen atoms in total. The van der Waals surface area contributed by atoms with Gasteiger partial charge in [-0.25, -0.2) is 9.59 Å². The quantitative estimate of drug-likeness (QED) is 0.696. The first-order valence-electron chi connectivity index (χ1n) is 5.62. The van der Waals surface area contributed by atoms with E-state index in [2.05, 4.69) is 0 Å². The number of rotatable bonds is 2. The lowest BCUT2D eigenvalue weighted by molar-refractivity contribution is -0.139. The molecule has 2 rings (SSSR count). The first kappa shape index (κ1) is 12.4. The van der Waals surface area contributed by atoms with Crippen molar-refractivity contribution in [1.82, 2.24) is 0 Å². The van der Waals surface area contributed by atoms with Crippen molar-refractivity contribution < 1.29 is 19.1 Å². The molecule has 18 heavy (non-hydrogen) atoms. The van der Waals surface area contributed by atoms with E-state index in [0.29, 0.717) is 17.6 Å². The van der Waals surface area contributed by atoms with Crippen LogP contribution in [0.4, 0.5) is 0 Å². The van der Waals surface area contributed by atoms with Crippen LogP contribution in [0.25, 0.3) is 0 Å². The molecule has 0 radical (unpaired) electrons. The Morgan fingerprint density at radius 1 is 1.11 bits per heavy atom. The first-order valence-corrected chi connectivity index (χ1v) is 5.62. The minimum atomic E-state index is -0.477. The number of allylic oxidation sites excluding steroid dienone is 6. The van der Waals surface area contributed by atoms with E-state index in [1.807, 2.05) is 30.4 Å². The molecule has 1 atom stereocenters. The first-order chi connectivity index (χ1) is 8.69. The van der Waals surface area contributed by atoms with Crippen molar-refractivity contribution >= 4 is 11.9 Å². The topological polar surface area (TPSA) is 52.6 Å². The molecule has 94 valence electrons. The van der Waals surface area contributed by atoms with Gasteiger partial charge in [-0.1, -0.05) is 36.0 Å². The zero-order valence-corrected chi connectivity index (χ0v) is 10.3. The third-order valence-electron chi connectivity index (χ3n) is 3.09. The van der Waals surface area contributed by atoms with Crippen molar-refractivity contribution in [2.75, 3.05) is 14.2 Å². The summed E-state index contributed by atoms with van der Waals surface area (Å²) < 4.78 is 9.49. The van der Waals surface area contributed by atoms with Gasteiger partial charge in [-0.15, -0.1) is 0 Å². The van der Waals surface area contributed by atoms with Crippen molar-refractivity contribution in [2.45, 2.75) is 6.42 Å². The van der Waals surface area contributed by atoms with Crippen LogP contribution in [0.15, 0.2) is 47.1 Å². The van der Waals surface area contributed by atoms with Gasteiger partial charge in [0.05, 0.1) is 25.4 Å². The number of fused-ring (bicyclic) bond motifs is 1. The van der Waals surface area contributed by atoms with Crippen LogP contribution in [0.5, 0.6) is 0 Å². The van der Waals surface area contributed by atoms with E-state index in [9.17, 15) is 9.59 Å². The zero-order valence-electron chi connectivity index (χ0n) is 10.3. The van der Waals surface area contributed by atoms with Gasteiger partial charge in [0.15, 0.2) is 0 Å². The lowest BCUT2D eigenvalue weighted by Gasteiger charge is -2.10. The fourth-order valence-corrected chi connectivity index (χ4v) is 2.25. The summed E-state index contributed by atoms with van der Waals surface area (Å²) in [5.74, 6) is -1.14. The Labute approximate surface area is 105 Å². The predicted molar refractivity (Wildman–Crippen MR) is 65.5 cm³/mol. The Morgan fingerprint density at radius 3 is 2.50 bits per heavy atom. The van der Waals surface area contributed by atoms with E-state index in [4.69, 9.17) is 9.47 Å². The summed E-state index contributed by atoms with van der Waals surface area (Å²) >= 11 is 0. The highest BCUT2D eigenvalue weighted by atomic mass is 16.5. The molecule has 0 aromatic heterocycles. The molecule has 4 heteroatoms. The van der Waals surface area contributed by atoms with Crippen molar-refractivity contribution in [3.8, 4) is 0 Å². The number of hydrogen-bond acceptors (Lipinski definition) is 4. The van der Waals surface area contributed by atoms with Gasteiger partial charge in [0, 0.05) is 12.3 Å². The van der Waals surface area contributed by atoms with Gasteiger partial charge >= 0.3 is 11.9 Å². The molecule has 1 unspecified atom stereocenters. The predicted octanol–water partition coefficient (Wildman–Crippen LogP) is 1.70. The van der Waals surface area contributed by atoms with E-state index in [1.54, 1.807) is 0 Å². The molecule has 0 fully saturated rings. The van der Waals surface area contributed by atoms with Crippen molar-refractivity contribution in [3.05, 3.63) is 47.1 Å². The zero-order chi connectivity index (χ0) is 13.1. The lowest BCUT2D eigenvalue weighted by atomic mass is 9.96. The molecule has 0 bridgehead atoms. The number of carbonyl (C=O) groups excluding carboxylic acids is 2. The van der Waals surface area contributed by atoms with Gasteiger partial charge in [0.2, 0.25) is 0 Å². The Kier molecular flexibility index (Phi) is 3.46. The number of carbonyl (C=O) groups is 2. The van der Waals surface area contributed by atoms with Crippen LogP contribution in [0.2, 0.25) is 0 Å². The van der Waals surface area contributed by atoms with E-state index >= 15 is 0 Å². The second kappa shape index (κ2) is 5.04. The van der Waals surface area contributed by atoms with Crippen molar-refractivity contribution in [1.29, 1.82) is 0 Å². The number of hydrogen-bond donors (Lipinski definition) is 0. The van der Waals surface area contributed by atoms with Gasteiger partial charge < -0.3 is 9.47 Å². The van der Waals surface area contributed by atoms with E-state index in [1.165, 1.54) is 14.2 Å². The molecular formula is C14H14O4. The minimum absolute atomic E-state index is 0.193. The van der Waals surface area contributed by atoms with Crippen LogP contribution in [-0.4, -0.2) is 26.2 Å². The maximum atomic E-state index is 11.8. The average Bonchev–Trinajstić information content (AvgIpc) is 2.60. The number of ether oxygens (including phenoxy) is 2. The summed E-state index contributed by atoms with van der Waals surface area (Å²) in [7, 11) is 2.62. The van der Waals surface area contributed by atoms with Gasteiger partial charge in [-0.05, 0) is 0 Å². The fourth-order valence-electron chi connectivity index (χ4n) is 2.25. The molecule has 0 aromatic rings. The Balaban J connectivity index is 2.48. The van der Waals surface area contributed by atoms with E-state index < -0.39 is 11.9 Å². The third-order valence-corrected chi connectivity index (χ3v) is 3.09. The Hall–Kier alpha value is -2.10. The summed E-state index contributed by atoms with van der Waals surface area (Å²) in [5, 5.41) is 0. The second-order valence-electron chi connectivity index (χ2n) is 4.04. The average molecular weight is 246 g/mol. The van der Waals surface area contributed by atoms with E-state index in [-0.39, 0.29) is 5.92 Å². The smallest absolute Gasteiger partial charge is 0.335 e. The molecule has 0 heterocycles. The Morgan fingerprint density at radius 2 is 1.83 bits per heavy atom.